The minimum Gasteiger partial charge on any atom is -0.381 e. The van der Waals surface area contributed by atoms with Crippen molar-refractivity contribution in [3.8, 4) is 0 Å². The van der Waals surface area contributed by atoms with Gasteiger partial charge in [-0.1, -0.05) is 22.8 Å². The Balaban J connectivity index is 1.71. The Morgan fingerprint density at radius 2 is 2.32 bits per heavy atom. The van der Waals surface area contributed by atoms with E-state index in [4.69, 9.17) is 21.2 Å². The maximum atomic E-state index is 13.9. The molecule has 3 rings (SSSR count). The monoisotopic (exact) mass is 328 g/mol. The fraction of sp³-hybridized carbons (Fsp3) is 0.533. The van der Waals surface area contributed by atoms with Crippen molar-refractivity contribution >= 4 is 17.4 Å². The maximum Gasteiger partial charge on any atom is 0.307 e. The van der Waals surface area contributed by atoms with Crippen molar-refractivity contribution in [3.63, 3.8) is 0 Å². The fourth-order valence-corrected chi connectivity index (χ4v) is 2.99. The van der Waals surface area contributed by atoms with Crippen LogP contribution >= 0.6 is 11.6 Å². The molecule has 0 amide bonds. The molecular formula is C15H18ClFN2O3. The third-order valence-electron chi connectivity index (χ3n) is 3.96. The number of benzene rings is 1. The van der Waals surface area contributed by atoms with E-state index in [1.165, 1.54) is 6.07 Å². The molecule has 2 aliphatic rings. The van der Waals surface area contributed by atoms with Crippen LogP contribution in [-0.4, -0.2) is 42.0 Å². The summed E-state index contributed by atoms with van der Waals surface area (Å²) in [6, 6.07) is 4.54. The van der Waals surface area contributed by atoms with E-state index in [0.717, 1.165) is 19.4 Å². The van der Waals surface area contributed by atoms with Gasteiger partial charge < -0.3 is 14.7 Å². The molecule has 7 heteroatoms. The summed E-state index contributed by atoms with van der Waals surface area (Å²) in [6.45, 7) is 1.99. The largest absolute Gasteiger partial charge is 0.381 e. The molecule has 0 aliphatic carbocycles. The van der Waals surface area contributed by atoms with Gasteiger partial charge in [-0.25, -0.2) is 4.39 Å². The third kappa shape index (κ3) is 3.34. The van der Waals surface area contributed by atoms with Crippen molar-refractivity contribution in [1.29, 1.82) is 0 Å². The Morgan fingerprint density at radius 1 is 1.45 bits per heavy atom. The second-order valence-electron chi connectivity index (χ2n) is 5.55. The Morgan fingerprint density at radius 3 is 3.05 bits per heavy atom. The van der Waals surface area contributed by atoms with Crippen LogP contribution in [0.5, 0.6) is 0 Å². The molecule has 2 aliphatic heterocycles. The predicted octanol–water partition coefficient (Wildman–Crippen LogP) is 2.37. The van der Waals surface area contributed by atoms with Crippen LogP contribution in [0, 0.1) is 11.7 Å². The molecule has 0 saturated carbocycles. The SMILES string of the molecule is OC1ON=C(Cc2c(F)cccc2Cl)N1CC1CCCOC1. The second-order valence-corrected chi connectivity index (χ2v) is 5.96. The summed E-state index contributed by atoms with van der Waals surface area (Å²) < 4.78 is 19.4. The Bertz CT molecular complexity index is 543. The van der Waals surface area contributed by atoms with E-state index in [0.29, 0.717) is 35.5 Å². The molecule has 0 bridgehead atoms. The first-order valence-electron chi connectivity index (χ1n) is 7.33. The normalized spacial score (nSPS) is 25.0. The molecule has 0 spiro atoms. The van der Waals surface area contributed by atoms with Crippen LogP contribution in [0.3, 0.4) is 0 Å². The standard InChI is InChI=1S/C15H18ClFN2O3/c16-12-4-1-5-13(17)11(12)7-14-18-22-15(20)19(14)8-10-3-2-6-21-9-10/h1,4-5,10,15,20H,2-3,6-9H2. The molecule has 1 N–H and O–H groups in total. The van der Waals surface area contributed by atoms with E-state index in [9.17, 15) is 9.50 Å². The molecule has 0 radical (unpaired) electrons. The third-order valence-corrected chi connectivity index (χ3v) is 4.31. The lowest BCUT2D eigenvalue weighted by atomic mass is 10.0. The molecule has 120 valence electrons. The topological polar surface area (TPSA) is 54.3 Å². The summed E-state index contributed by atoms with van der Waals surface area (Å²) in [4.78, 5) is 6.58. The highest BCUT2D eigenvalue weighted by atomic mass is 35.5. The number of hydrogen-bond donors (Lipinski definition) is 1. The van der Waals surface area contributed by atoms with E-state index in [-0.39, 0.29) is 6.42 Å². The molecule has 2 unspecified atom stereocenters. The fourth-order valence-electron chi connectivity index (χ4n) is 2.76. The number of halogens is 2. The van der Waals surface area contributed by atoms with E-state index < -0.39 is 12.2 Å². The Kier molecular flexibility index (Phi) is 4.81. The average Bonchev–Trinajstić information content (AvgIpc) is 2.85. The van der Waals surface area contributed by atoms with Gasteiger partial charge in [0.15, 0.2) is 5.84 Å². The summed E-state index contributed by atoms with van der Waals surface area (Å²) in [5, 5.41) is 14.1. The summed E-state index contributed by atoms with van der Waals surface area (Å²) in [5.74, 6) is 0.383. The number of ether oxygens (including phenoxy) is 1. The highest BCUT2D eigenvalue weighted by Crippen LogP contribution is 2.24. The van der Waals surface area contributed by atoms with Gasteiger partial charge in [0.1, 0.15) is 5.82 Å². The van der Waals surface area contributed by atoms with Gasteiger partial charge in [0, 0.05) is 36.1 Å². The van der Waals surface area contributed by atoms with Crippen LogP contribution in [0.25, 0.3) is 0 Å². The van der Waals surface area contributed by atoms with Crippen LogP contribution < -0.4 is 0 Å². The lowest BCUT2D eigenvalue weighted by Gasteiger charge is -2.29. The summed E-state index contributed by atoms with van der Waals surface area (Å²) in [7, 11) is 0. The van der Waals surface area contributed by atoms with Crippen LogP contribution in [0.2, 0.25) is 5.02 Å². The number of nitrogens with zero attached hydrogens (tertiary/aromatic N) is 2. The second kappa shape index (κ2) is 6.81. The van der Waals surface area contributed by atoms with Crippen molar-refractivity contribution in [3.05, 3.63) is 34.6 Å². The van der Waals surface area contributed by atoms with E-state index in [1.807, 2.05) is 0 Å². The molecule has 1 aromatic rings. The predicted molar refractivity (Wildman–Crippen MR) is 79.9 cm³/mol. The van der Waals surface area contributed by atoms with Crippen LogP contribution in [0.4, 0.5) is 4.39 Å². The molecular weight excluding hydrogens is 311 g/mol. The quantitative estimate of drug-likeness (QED) is 0.922. The van der Waals surface area contributed by atoms with Crippen LogP contribution in [0.15, 0.2) is 23.4 Å². The summed E-state index contributed by atoms with van der Waals surface area (Å²) >= 11 is 6.05. The van der Waals surface area contributed by atoms with Gasteiger partial charge in [-0.2, -0.15) is 0 Å². The zero-order valence-corrected chi connectivity index (χ0v) is 12.8. The van der Waals surface area contributed by atoms with Crippen molar-refractivity contribution in [2.75, 3.05) is 19.8 Å². The summed E-state index contributed by atoms with van der Waals surface area (Å²) in [5.41, 5.74) is 0.352. The number of aliphatic hydroxyl groups excluding tert-OH is 1. The smallest absolute Gasteiger partial charge is 0.307 e. The van der Waals surface area contributed by atoms with Gasteiger partial charge in [0.05, 0.1) is 6.61 Å². The van der Waals surface area contributed by atoms with Crippen molar-refractivity contribution in [1.82, 2.24) is 4.90 Å². The molecule has 22 heavy (non-hydrogen) atoms. The van der Waals surface area contributed by atoms with Gasteiger partial charge >= 0.3 is 6.41 Å². The number of aliphatic hydroxyl groups is 1. The lowest BCUT2D eigenvalue weighted by molar-refractivity contribution is -0.150. The van der Waals surface area contributed by atoms with Gasteiger partial charge in [-0.15, -0.1) is 0 Å². The zero-order chi connectivity index (χ0) is 15.5. The van der Waals surface area contributed by atoms with Crippen molar-refractivity contribution in [2.24, 2.45) is 11.1 Å². The Labute approximate surface area is 133 Å². The van der Waals surface area contributed by atoms with Crippen molar-refractivity contribution in [2.45, 2.75) is 25.7 Å². The van der Waals surface area contributed by atoms with Gasteiger partial charge in [0.2, 0.25) is 0 Å². The van der Waals surface area contributed by atoms with Crippen LogP contribution in [0.1, 0.15) is 18.4 Å². The van der Waals surface area contributed by atoms with E-state index in [2.05, 4.69) is 5.16 Å². The maximum absolute atomic E-state index is 13.9. The molecule has 1 fully saturated rings. The number of rotatable bonds is 4. The van der Waals surface area contributed by atoms with Crippen LogP contribution in [-0.2, 0) is 16.0 Å². The number of hydrogen-bond acceptors (Lipinski definition) is 5. The first-order valence-corrected chi connectivity index (χ1v) is 7.71. The molecule has 5 nitrogen and oxygen atoms in total. The zero-order valence-electron chi connectivity index (χ0n) is 12.0. The highest BCUT2D eigenvalue weighted by molar-refractivity contribution is 6.31. The van der Waals surface area contributed by atoms with Crippen molar-refractivity contribution < 1.29 is 19.1 Å². The Hall–Kier alpha value is -1.37. The average molecular weight is 329 g/mol. The first kappa shape index (κ1) is 15.5. The molecule has 2 heterocycles. The van der Waals surface area contributed by atoms with Gasteiger partial charge in [-0.05, 0) is 25.0 Å². The summed E-state index contributed by atoms with van der Waals surface area (Å²) in [6.07, 6.45) is 1.07. The minimum absolute atomic E-state index is 0.177. The lowest BCUT2D eigenvalue weighted by Crippen LogP contribution is -2.42. The van der Waals surface area contributed by atoms with Gasteiger partial charge in [0.25, 0.3) is 0 Å². The molecule has 1 aromatic carbocycles. The minimum atomic E-state index is -1.14. The molecule has 2 atom stereocenters. The molecule has 1 saturated heterocycles. The number of amidine groups is 1. The first-order chi connectivity index (χ1) is 10.6. The molecule has 0 aromatic heterocycles. The van der Waals surface area contributed by atoms with Gasteiger partial charge in [-0.3, -0.25) is 4.90 Å². The highest BCUT2D eigenvalue weighted by Gasteiger charge is 2.31. The number of oxime groups is 1. The van der Waals surface area contributed by atoms with E-state index >= 15 is 0 Å². The van der Waals surface area contributed by atoms with E-state index in [1.54, 1.807) is 17.0 Å².